The van der Waals surface area contributed by atoms with E-state index in [0.29, 0.717) is 0 Å². The molecule has 1 amide bonds. The molecule has 1 unspecified atom stereocenters. The molecule has 172 valence electrons. The molecule has 0 radical (unpaired) electrons. The number of carboxylic acids is 1. The van der Waals surface area contributed by atoms with E-state index in [1.54, 1.807) is 0 Å². The summed E-state index contributed by atoms with van der Waals surface area (Å²) in [5.74, 6) is -2.60. The topological polar surface area (TPSA) is 73.7 Å². The second-order valence-corrected chi connectivity index (χ2v) is 8.47. The first-order chi connectivity index (χ1) is 14.7. The number of rotatable bonds is 4. The largest absolute Gasteiger partial charge is 0.481 e. The number of pyridine rings is 1. The van der Waals surface area contributed by atoms with Gasteiger partial charge in [0.05, 0.1) is 16.0 Å². The fourth-order valence-corrected chi connectivity index (χ4v) is 3.88. The van der Waals surface area contributed by atoms with E-state index in [4.69, 9.17) is 11.6 Å². The van der Waals surface area contributed by atoms with E-state index in [2.05, 4.69) is 4.98 Å². The summed E-state index contributed by atoms with van der Waals surface area (Å²) in [5, 5.41) is 9.47. The second-order valence-electron chi connectivity index (χ2n) is 8.06. The highest BCUT2D eigenvalue weighted by Crippen LogP contribution is 2.40. The number of hydrogen-bond donors (Lipinski definition) is 1. The minimum Gasteiger partial charge on any atom is -0.481 e. The van der Waals surface area contributed by atoms with Gasteiger partial charge in [0.15, 0.2) is 0 Å². The third-order valence-corrected chi connectivity index (χ3v) is 5.81. The van der Waals surface area contributed by atoms with Crippen LogP contribution in [-0.2, 0) is 15.8 Å². The van der Waals surface area contributed by atoms with Crippen molar-refractivity contribution in [1.82, 2.24) is 4.98 Å². The Hall–Kier alpha value is -2.88. The number of carboxylic acid groups (broad SMARTS) is 1. The van der Waals surface area contributed by atoms with Crippen molar-refractivity contribution in [1.29, 1.82) is 0 Å². The number of amides is 1. The van der Waals surface area contributed by atoms with Crippen molar-refractivity contribution in [2.45, 2.75) is 32.5 Å². The van der Waals surface area contributed by atoms with Crippen LogP contribution in [0.3, 0.4) is 0 Å². The first-order valence-electron chi connectivity index (χ1n) is 9.51. The van der Waals surface area contributed by atoms with Crippen molar-refractivity contribution in [3.8, 4) is 0 Å². The van der Waals surface area contributed by atoms with Crippen LogP contribution in [0, 0.1) is 18.2 Å². The summed E-state index contributed by atoms with van der Waals surface area (Å²) in [5.41, 5.74) is -2.03. The summed E-state index contributed by atoms with van der Waals surface area (Å²) in [6.45, 7) is 2.59. The van der Waals surface area contributed by atoms with Crippen LogP contribution in [-0.4, -0.2) is 41.6 Å². The molecule has 1 aliphatic rings. The number of carbonyl (C=O) groups is 2. The monoisotopic (exact) mass is 473 g/mol. The molecule has 0 spiro atoms. The van der Waals surface area contributed by atoms with Crippen molar-refractivity contribution in [2.24, 2.45) is 5.41 Å². The maximum absolute atomic E-state index is 13.5. The number of alkyl halides is 3. The Balaban J connectivity index is 2.04. The molecule has 1 N–H and O–H groups in total. The number of halogens is 5. The molecule has 0 bridgehead atoms. The number of benzene rings is 1. The van der Waals surface area contributed by atoms with Gasteiger partial charge in [0.2, 0.25) is 5.91 Å². The van der Waals surface area contributed by atoms with Gasteiger partial charge in [-0.15, -0.1) is 0 Å². The van der Waals surface area contributed by atoms with Crippen LogP contribution in [0.1, 0.15) is 24.6 Å². The van der Waals surface area contributed by atoms with E-state index in [-0.39, 0.29) is 35.2 Å². The number of nitrogens with zero attached hydrogens (tertiary/aromatic N) is 3. The number of likely N-dealkylation sites (N-methyl/N-ethyl adjacent to an activating group) is 1. The van der Waals surface area contributed by atoms with Crippen molar-refractivity contribution >= 4 is 35.0 Å². The SMILES string of the molecule is Cc1cc(C(F)(F)F)cc(N2CC(C)(C(=O)O)C[C@H]2C(=O)N(C)c2ccc(F)c(Cl)c2)n1. The molecule has 2 aromatic rings. The number of carbonyl (C=O) groups excluding carboxylic acids is 1. The molecular weight excluding hydrogens is 454 g/mol. The van der Waals surface area contributed by atoms with Gasteiger partial charge in [-0.3, -0.25) is 9.59 Å². The second kappa shape index (κ2) is 8.23. The van der Waals surface area contributed by atoms with E-state index in [1.807, 2.05) is 0 Å². The summed E-state index contributed by atoms with van der Waals surface area (Å²) in [4.78, 5) is 31.8. The maximum atomic E-state index is 13.5. The van der Waals surface area contributed by atoms with Crippen LogP contribution >= 0.6 is 11.6 Å². The number of aryl methyl sites for hydroxylation is 1. The van der Waals surface area contributed by atoms with Crippen molar-refractivity contribution in [3.63, 3.8) is 0 Å². The van der Waals surface area contributed by atoms with E-state index in [9.17, 15) is 32.3 Å². The van der Waals surface area contributed by atoms with Gasteiger partial charge >= 0.3 is 12.1 Å². The van der Waals surface area contributed by atoms with Crippen molar-refractivity contribution < 1.29 is 32.3 Å². The van der Waals surface area contributed by atoms with E-state index in [0.717, 1.165) is 23.1 Å². The average Bonchev–Trinajstić information content (AvgIpc) is 3.07. The van der Waals surface area contributed by atoms with Crippen molar-refractivity contribution in [2.75, 3.05) is 23.4 Å². The third kappa shape index (κ3) is 4.50. The minimum absolute atomic E-state index is 0.0728. The predicted molar refractivity (Wildman–Crippen MR) is 110 cm³/mol. The zero-order valence-corrected chi connectivity index (χ0v) is 18.1. The molecule has 1 fully saturated rings. The summed E-state index contributed by atoms with van der Waals surface area (Å²) >= 11 is 5.79. The molecular formula is C21H20ClF4N3O3. The van der Waals surface area contributed by atoms with Crippen molar-refractivity contribution in [3.05, 3.63) is 52.4 Å². The van der Waals surface area contributed by atoms with Gasteiger partial charge in [-0.1, -0.05) is 11.6 Å². The smallest absolute Gasteiger partial charge is 0.416 e. The number of aromatic nitrogens is 1. The third-order valence-electron chi connectivity index (χ3n) is 5.52. The van der Waals surface area contributed by atoms with Crippen LogP contribution in [0.4, 0.5) is 29.1 Å². The number of hydrogen-bond acceptors (Lipinski definition) is 4. The van der Waals surface area contributed by atoms with Crippen LogP contribution < -0.4 is 9.80 Å². The van der Waals surface area contributed by atoms with Gasteiger partial charge in [-0.25, -0.2) is 9.37 Å². The van der Waals surface area contributed by atoms with Crippen LogP contribution in [0.25, 0.3) is 0 Å². The van der Waals surface area contributed by atoms with Gasteiger partial charge in [-0.05, 0) is 50.6 Å². The fourth-order valence-electron chi connectivity index (χ4n) is 3.71. The molecule has 0 aliphatic carbocycles. The number of anilines is 2. The molecule has 11 heteroatoms. The molecule has 6 nitrogen and oxygen atoms in total. The molecule has 3 rings (SSSR count). The molecule has 2 heterocycles. The Morgan fingerprint density at radius 1 is 1.28 bits per heavy atom. The Labute approximate surface area is 186 Å². The van der Waals surface area contributed by atoms with Gasteiger partial charge in [-0.2, -0.15) is 13.2 Å². The lowest BCUT2D eigenvalue weighted by molar-refractivity contribution is -0.146. The highest BCUT2D eigenvalue weighted by molar-refractivity contribution is 6.31. The zero-order chi connectivity index (χ0) is 24.0. The quantitative estimate of drug-likeness (QED) is 0.660. The van der Waals surface area contributed by atoms with Crippen LogP contribution in [0.15, 0.2) is 30.3 Å². The van der Waals surface area contributed by atoms with E-state index in [1.165, 1.54) is 37.9 Å². The lowest BCUT2D eigenvalue weighted by atomic mass is 9.88. The highest BCUT2D eigenvalue weighted by Gasteiger charge is 2.50. The Kier molecular flexibility index (Phi) is 6.12. The summed E-state index contributed by atoms with van der Waals surface area (Å²) < 4.78 is 53.5. The normalized spacial score (nSPS) is 21.0. The number of aliphatic carboxylic acids is 1. The Morgan fingerprint density at radius 3 is 2.50 bits per heavy atom. The first kappa shape index (κ1) is 23.8. The first-order valence-corrected chi connectivity index (χ1v) is 9.89. The molecule has 1 aromatic carbocycles. The highest BCUT2D eigenvalue weighted by atomic mass is 35.5. The summed E-state index contributed by atoms with van der Waals surface area (Å²) in [7, 11) is 1.39. The lowest BCUT2D eigenvalue weighted by Gasteiger charge is -2.29. The molecule has 1 aromatic heterocycles. The lowest BCUT2D eigenvalue weighted by Crippen LogP contribution is -2.44. The summed E-state index contributed by atoms with van der Waals surface area (Å²) in [6.07, 6.45) is -4.79. The Morgan fingerprint density at radius 2 is 1.94 bits per heavy atom. The van der Waals surface area contributed by atoms with Gasteiger partial charge in [0, 0.05) is 25.0 Å². The van der Waals surface area contributed by atoms with E-state index >= 15 is 0 Å². The molecule has 2 atom stereocenters. The van der Waals surface area contributed by atoms with Crippen LogP contribution in [0.2, 0.25) is 5.02 Å². The van der Waals surface area contributed by atoms with Crippen LogP contribution in [0.5, 0.6) is 0 Å². The molecule has 0 saturated carbocycles. The van der Waals surface area contributed by atoms with Gasteiger partial charge in [0.1, 0.15) is 17.7 Å². The maximum Gasteiger partial charge on any atom is 0.416 e. The Bertz CT molecular complexity index is 1080. The van der Waals surface area contributed by atoms with Gasteiger partial charge < -0.3 is 14.9 Å². The molecule has 1 saturated heterocycles. The zero-order valence-electron chi connectivity index (χ0n) is 17.4. The average molecular weight is 474 g/mol. The molecule has 32 heavy (non-hydrogen) atoms. The predicted octanol–water partition coefficient (Wildman–Crippen LogP) is 4.53. The minimum atomic E-state index is -4.64. The standard InChI is InChI=1S/C21H20ClF4N3O3/c1-11-6-12(21(24,25)26)7-17(27-11)29-10-20(2,19(31)32)9-16(29)18(30)28(3)13-4-5-15(23)14(22)8-13/h4-8,16H,9-10H2,1-3H3,(H,31,32)/t16-,20?/m0/s1. The van der Waals surface area contributed by atoms with E-state index < -0.39 is 40.9 Å². The molecule has 1 aliphatic heterocycles. The fraction of sp³-hybridized carbons (Fsp3) is 0.381. The van der Waals surface area contributed by atoms with Gasteiger partial charge in [0.25, 0.3) is 0 Å². The summed E-state index contributed by atoms with van der Waals surface area (Å²) in [6, 6.07) is 4.20.